The van der Waals surface area contributed by atoms with E-state index in [1.54, 1.807) is 0 Å². The molecule has 77 heavy (non-hydrogen) atoms. The molecule has 6 nitrogen and oxygen atoms in total. The van der Waals surface area contributed by atoms with E-state index >= 15 is 0 Å². The Hall–Kier alpha value is -1.66. The van der Waals surface area contributed by atoms with Crippen molar-refractivity contribution < 1.29 is 24.5 Å². The molecule has 0 aromatic heterocycles. The van der Waals surface area contributed by atoms with Crippen molar-refractivity contribution in [2.75, 3.05) is 13.2 Å². The van der Waals surface area contributed by atoms with Crippen LogP contribution in [0, 0.1) is 0 Å². The Bertz CT molecular complexity index is 1200. The molecule has 0 aliphatic carbocycles. The fraction of sp³-hybridized carbons (Fsp3) is 0.915. The second-order valence-electron chi connectivity index (χ2n) is 24.2. The van der Waals surface area contributed by atoms with Gasteiger partial charge in [0.1, 0.15) is 0 Å². The number of aliphatic hydroxyl groups is 2. The summed E-state index contributed by atoms with van der Waals surface area (Å²) in [6.07, 6.45) is 83.6. The number of hydrogen-bond donors (Lipinski definition) is 3. The number of nitrogens with one attached hydrogen (secondary N) is 1. The van der Waals surface area contributed by atoms with Crippen LogP contribution in [0.15, 0.2) is 24.3 Å². The van der Waals surface area contributed by atoms with Crippen LogP contribution >= 0.6 is 0 Å². The van der Waals surface area contributed by atoms with E-state index in [0.717, 1.165) is 51.4 Å². The zero-order chi connectivity index (χ0) is 55.7. The van der Waals surface area contributed by atoms with Gasteiger partial charge in [0.25, 0.3) is 0 Å². The van der Waals surface area contributed by atoms with E-state index in [1.807, 2.05) is 0 Å². The number of rotatable bonds is 66. The average molecular weight is 1080 g/mol. The molecule has 2 unspecified atom stereocenters. The van der Waals surface area contributed by atoms with Crippen molar-refractivity contribution >= 4 is 11.9 Å². The molecule has 0 aliphatic heterocycles. The van der Waals surface area contributed by atoms with Crippen molar-refractivity contribution in [3.8, 4) is 0 Å². The first-order valence-corrected chi connectivity index (χ1v) is 35.1. The SMILES string of the molecule is CCCCCC/C=C\C/C=C\CCCCCCCC(=O)OCCCCCCCCCCCCCCCCCCCCCCCC(=O)NC(CO)C(O)CCCCCCCCCCCCCCCCCCCCCCCCC. The molecule has 1 amide bonds. The number of carbonyl (C=O) groups is 2. The van der Waals surface area contributed by atoms with Gasteiger partial charge in [0.05, 0.1) is 25.4 Å². The molecule has 0 radical (unpaired) electrons. The topological polar surface area (TPSA) is 95.9 Å². The number of amides is 1. The Morgan fingerprint density at radius 3 is 1.00 bits per heavy atom. The summed E-state index contributed by atoms with van der Waals surface area (Å²) in [5.74, 6) is -0.0320. The minimum Gasteiger partial charge on any atom is -0.466 e. The summed E-state index contributed by atoms with van der Waals surface area (Å²) in [6, 6.07) is -0.544. The van der Waals surface area contributed by atoms with Crippen LogP contribution in [0.1, 0.15) is 393 Å². The fourth-order valence-electron chi connectivity index (χ4n) is 11.1. The van der Waals surface area contributed by atoms with Crippen molar-refractivity contribution in [2.24, 2.45) is 0 Å². The van der Waals surface area contributed by atoms with Crippen LogP contribution in [-0.2, 0) is 14.3 Å². The van der Waals surface area contributed by atoms with Crippen LogP contribution in [0.3, 0.4) is 0 Å². The van der Waals surface area contributed by atoms with Gasteiger partial charge in [0.2, 0.25) is 5.91 Å². The number of allylic oxidation sites excluding steroid dienone is 4. The molecule has 0 aliphatic rings. The third-order valence-corrected chi connectivity index (χ3v) is 16.5. The van der Waals surface area contributed by atoms with E-state index in [-0.39, 0.29) is 18.5 Å². The van der Waals surface area contributed by atoms with Gasteiger partial charge < -0.3 is 20.3 Å². The normalized spacial score (nSPS) is 12.6. The molecule has 0 heterocycles. The average Bonchev–Trinajstić information content (AvgIpc) is 3.43. The van der Waals surface area contributed by atoms with E-state index in [0.29, 0.717) is 25.9 Å². The number of aliphatic hydroxyl groups excluding tert-OH is 2. The summed E-state index contributed by atoms with van der Waals surface area (Å²) < 4.78 is 5.49. The lowest BCUT2D eigenvalue weighted by Gasteiger charge is -2.22. The second kappa shape index (κ2) is 66.8. The van der Waals surface area contributed by atoms with Gasteiger partial charge in [-0.1, -0.05) is 346 Å². The van der Waals surface area contributed by atoms with E-state index in [9.17, 15) is 19.8 Å². The molecule has 6 heteroatoms. The van der Waals surface area contributed by atoms with Crippen molar-refractivity contribution in [2.45, 2.75) is 405 Å². The molecule has 3 N–H and O–H groups in total. The van der Waals surface area contributed by atoms with Gasteiger partial charge in [-0.3, -0.25) is 9.59 Å². The summed E-state index contributed by atoms with van der Waals surface area (Å²) in [6.45, 7) is 4.96. The highest BCUT2D eigenvalue weighted by atomic mass is 16.5. The van der Waals surface area contributed by atoms with E-state index in [4.69, 9.17) is 4.74 Å². The minimum atomic E-state index is -0.667. The quantitative estimate of drug-likeness (QED) is 0.0320. The molecular formula is C71H137NO5. The lowest BCUT2D eigenvalue weighted by atomic mass is 10.0. The summed E-state index contributed by atoms with van der Waals surface area (Å²) in [7, 11) is 0. The van der Waals surface area contributed by atoms with Gasteiger partial charge in [0, 0.05) is 12.8 Å². The number of esters is 1. The number of unbranched alkanes of at least 4 members (excludes halogenated alkanes) is 51. The zero-order valence-electron chi connectivity index (χ0n) is 52.2. The van der Waals surface area contributed by atoms with Crippen LogP contribution in [0.5, 0.6) is 0 Å². The maximum atomic E-state index is 12.6. The van der Waals surface area contributed by atoms with E-state index in [1.165, 1.54) is 308 Å². The number of ether oxygens (including phenoxy) is 1. The summed E-state index contributed by atoms with van der Waals surface area (Å²) in [5.41, 5.74) is 0. The first-order valence-electron chi connectivity index (χ1n) is 35.1. The predicted octanol–water partition coefficient (Wildman–Crippen LogP) is 22.5. The Morgan fingerprint density at radius 2 is 0.649 bits per heavy atom. The predicted molar refractivity (Wildman–Crippen MR) is 338 cm³/mol. The van der Waals surface area contributed by atoms with Crippen LogP contribution in [-0.4, -0.2) is 47.4 Å². The number of hydrogen-bond acceptors (Lipinski definition) is 5. The molecule has 0 bridgehead atoms. The van der Waals surface area contributed by atoms with Gasteiger partial charge in [-0.25, -0.2) is 0 Å². The third kappa shape index (κ3) is 63.4. The van der Waals surface area contributed by atoms with Crippen LogP contribution in [0.25, 0.3) is 0 Å². The Balaban J connectivity index is 3.39. The van der Waals surface area contributed by atoms with Crippen molar-refractivity contribution in [3.63, 3.8) is 0 Å². The lowest BCUT2D eigenvalue weighted by Crippen LogP contribution is -2.45. The summed E-state index contributed by atoms with van der Waals surface area (Å²) >= 11 is 0. The molecule has 0 fully saturated rings. The first kappa shape index (κ1) is 75.3. The van der Waals surface area contributed by atoms with Gasteiger partial charge in [-0.05, 0) is 57.8 Å². The largest absolute Gasteiger partial charge is 0.466 e. The Kier molecular flexibility index (Phi) is 65.4. The molecule has 0 aromatic carbocycles. The summed E-state index contributed by atoms with van der Waals surface area (Å²) in [4.78, 5) is 24.6. The van der Waals surface area contributed by atoms with E-state index < -0.39 is 12.1 Å². The van der Waals surface area contributed by atoms with Crippen LogP contribution in [0.4, 0.5) is 0 Å². The monoisotopic (exact) mass is 1080 g/mol. The highest BCUT2D eigenvalue weighted by molar-refractivity contribution is 5.76. The van der Waals surface area contributed by atoms with Crippen LogP contribution < -0.4 is 5.32 Å². The highest BCUT2D eigenvalue weighted by Gasteiger charge is 2.20. The molecule has 0 saturated carbocycles. The molecule has 0 rings (SSSR count). The second-order valence-corrected chi connectivity index (χ2v) is 24.2. The zero-order valence-corrected chi connectivity index (χ0v) is 52.2. The minimum absolute atomic E-state index is 0.000407. The molecule has 456 valence electrons. The smallest absolute Gasteiger partial charge is 0.305 e. The van der Waals surface area contributed by atoms with Gasteiger partial charge in [-0.2, -0.15) is 0 Å². The Labute approximate surface area is 481 Å². The van der Waals surface area contributed by atoms with E-state index in [2.05, 4.69) is 43.5 Å². The summed E-state index contributed by atoms with van der Waals surface area (Å²) in [5, 5.41) is 23.4. The molecule has 2 atom stereocenters. The fourth-order valence-corrected chi connectivity index (χ4v) is 11.1. The standard InChI is InChI=1S/C71H137NO5/c1-3-5-7-9-11-13-15-17-19-21-22-23-24-26-29-32-35-39-43-47-51-55-59-63-69(74)68(67-73)72-70(75)64-60-56-52-48-44-40-36-33-30-27-25-28-31-34-38-42-46-50-54-58-62-66-77-71(76)65-61-57-53-49-45-41-37-20-18-16-14-12-10-8-6-4-2/h14,16,20,37,68-69,73-74H,3-13,15,17-19,21-36,38-67H2,1-2H3,(H,72,75)/b16-14-,37-20-. The van der Waals surface area contributed by atoms with Crippen molar-refractivity contribution in [3.05, 3.63) is 24.3 Å². The highest BCUT2D eigenvalue weighted by Crippen LogP contribution is 2.19. The molecule has 0 saturated heterocycles. The Morgan fingerprint density at radius 1 is 0.364 bits per heavy atom. The molecule has 0 aromatic rings. The maximum Gasteiger partial charge on any atom is 0.305 e. The van der Waals surface area contributed by atoms with Crippen LogP contribution in [0.2, 0.25) is 0 Å². The van der Waals surface area contributed by atoms with Crippen molar-refractivity contribution in [1.29, 1.82) is 0 Å². The van der Waals surface area contributed by atoms with Gasteiger partial charge in [-0.15, -0.1) is 0 Å². The number of carbonyl (C=O) groups excluding carboxylic acids is 2. The third-order valence-electron chi connectivity index (χ3n) is 16.5. The maximum absolute atomic E-state index is 12.6. The molecule has 0 spiro atoms. The van der Waals surface area contributed by atoms with Gasteiger partial charge >= 0.3 is 5.97 Å². The van der Waals surface area contributed by atoms with Gasteiger partial charge in [0.15, 0.2) is 0 Å². The van der Waals surface area contributed by atoms with Crippen molar-refractivity contribution in [1.82, 2.24) is 5.32 Å². The first-order chi connectivity index (χ1) is 38.0. The lowest BCUT2D eigenvalue weighted by molar-refractivity contribution is -0.143. The molecular weight excluding hydrogens is 947 g/mol.